The molecule has 0 radical (unpaired) electrons. The van der Waals surface area contributed by atoms with Gasteiger partial charge < -0.3 is 4.74 Å². The van der Waals surface area contributed by atoms with Crippen molar-refractivity contribution in [3.63, 3.8) is 0 Å². The van der Waals surface area contributed by atoms with E-state index in [0.29, 0.717) is 22.9 Å². The van der Waals surface area contributed by atoms with E-state index in [0.717, 1.165) is 11.3 Å². The SMILES string of the molecule is CCOC(=O)Cc1csc(NS(=O)(=O)Cc2ccccc2Cl)n1. The van der Waals surface area contributed by atoms with Gasteiger partial charge in [0.2, 0.25) is 10.0 Å². The number of aromatic nitrogens is 1. The van der Waals surface area contributed by atoms with Crippen LogP contribution in [0.3, 0.4) is 0 Å². The van der Waals surface area contributed by atoms with Crippen LogP contribution >= 0.6 is 22.9 Å². The maximum Gasteiger partial charge on any atom is 0.311 e. The van der Waals surface area contributed by atoms with Gasteiger partial charge in [0.15, 0.2) is 5.13 Å². The molecule has 0 aliphatic heterocycles. The molecule has 6 nitrogen and oxygen atoms in total. The van der Waals surface area contributed by atoms with E-state index in [-0.39, 0.29) is 17.3 Å². The average molecular weight is 375 g/mol. The summed E-state index contributed by atoms with van der Waals surface area (Å²) in [5.74, 6) is -0.650. The number of benzene rings is 1. The predicted molar refractivity (Wildman–Crippen MR) is 90.1 cm³/mol. The van der Waals surface area contributed by atoms with Crippen LogP contribution in [0.5, 0.6) is 0 Å². The summed E-state index contributed by atoms with van der Waals surface area (Å²) in [6, 6.07) is 6.73. The third-order valence-electron chi connectivity index (χ3n) is 2.73. The van der Waals surface area contributed by atoms with Crippen molar-refractivity contribution < 1.29 is 17.9 Å². The van der Waals surface area contributed by atoms with Crippen molar-refractivity contribution in [2.24, 2.45) is 0 Å². The van der Waals surface area contributed by atoms with Crippen LogP contribution in [-0.2, 0) is 31.7 Å². The monoisotopic (exact) mass is 374 g/mol. The first-order valence-electron chi connectivity index (χ1n) is 6.73. The molecule has 1 heterocycles. The van der Waals surface area contributed by atoms with E-state index in [2.05, 4.69) is 9.71 Å². The largest absolute Gasteiger partial charge is 0.466 e. The molecular formula is C14H15ClN2O4S2. The van der Waals surface area contributed by atoms with E-state index in [1.54, 1.807) is 36.6 Å². The van der Waals surface area contributed by atoms with Crippen molar-refractivity contribution in [2.45, 2.75) is 19.1 Å². The molecule has 2 aromatic rings. The van der Waals surface area contributed by atoms with E-state index in [4.69, 9.17) is 16.3 Å². The third kappa shape index (κ3) is 5.49. The summed E-state index contributed by atoms with van der Waals surface area (Å²) in [6.45, 7) is 2.01. The number of thiazole rings is 1. The molecule has 0 aliphatic carbocycles. The van der Waals surface area contributed by atoms with Crippen LogP contribution in [0, 0.1) is 0 Å². The van der Waals surface area contributed by atoms with Crippen molar-refractivity contribution >= 4 is 44.1 Å². The van der Waals surface area contributed by atoms with Gasteiger partial charge in [0.1, 0.15) is 0 Å². The molecule has 0 bridgehead atoms. The minimum atomic E-state index is -3.64. The molecule has 0 aliphatic rings. The number of halogens is 1. The number of ether oxygens (including phenoxy) is 1. The molecule has 0 saturated heterocycles. The van der Waals surface area contributed by atoms with Gasteiger partial charge in [0.25, 0.3) is 0 Å². The zero-order valence-corrected chi connectivity index (χ0v) is 14.7. The Hall–Kier alpha value is -1.64. The van der Waals surface area contributed by atoms with Crippen molar-refractivity contribution in [3.8, 4) is 0 Å². The van der Waals surface area contributed by atoms with Gasteiger partial charge in [-0.3, -0.25) is 9.52 Å². The lowest BCUT2D eigenvalue weighted by Crippen LogP contribution is -2.15. The van der Waals surface area contributed by atoms with E-state index in [9.17, 15) is 13.2 Å². The van der Waals surface area contributed by atoms with Gasteiger partial charge in [0, 0.05) is 10.4 Å². The first kappa shape index (κ1) is 17.7. The topological polar surface area (TPSA) is 85.4 Å². The summed E-state index contributed by atoms with van der Waals surface area (Å²) < 4.78 is 31.5. The number of carbonyl (C=O) groups is 1. The molecule has 0 saturated carbocycles. The zero-order chi connectivity index (χ0) is 16.9. The van der Waals surface area contributed by atoms with Crippen molar-refractivity contribution in [3.05, 3.63) is 45.9 Å². The molecule has 124 valence electrons. The van der Waals surface area contributed by atoms with Crippen LogP contribution in [0.25, 0.3) is 0 Å². The van der Waals surface area contributed by atoms with Gasteiger partial charge in [-0.1, -0.05) is 29.8 Å². The van der Waals surface area contributed by atoms with Crippen LogP contribution in [-0.4, -0.2) is 26.0 Å². The highest BCUT2D eigenvalue weighted by Crippen LogP contribution is 2.21. The summed E-state index contributed by atoms with van der Waals surface area (Å²) in [4.78, 5) is 15.5. The number of hydrogen-bond donors (Lipinski definition) is 1. The molecule has 9 heteroatoms. The number of nitrogens with one attached hydrogen (secondary N) is 1. The lowest BCUT2D eigenvalue weighted by molar-refractivity contribution is -0.142. The number of esters is 1. The lowest BCUT2D eigenvalue weighted by Gasteiger charge is -2.06. The summed E-state index contributed by atoms with van der Waals surface area (Å²) in [6.07, 6.45) is 0.0105. The van der Waals surface area contributed by atoms with Gasteiger partial charge in [-0.05, 0) is 18.6 Å². The van der Waals surface area contributed by atoms with Crippen LogP contribution in [0.15, 0.2) is 29.6 Å². The summed E-state index contributed by atoms with van der Waals surface area (Å²) in [5, 5.41) is 2.21. The van der Waals surface area contributed by atoms with Crippen molar-refractivity contribution in [2.75, 3.05) is 11.3 Å². The Balaban J connectivity index is 2.02. The second-order valence-electron chi connectivity index (χ2n) is 4.58. The Morgan fingerprint density at radius 3 is 2.83 bits per heavy atom. The van der Waals surface area contributed by atoms with Gasteiger partial charge in [-0.2, -0.15) is 0 Å². The number of carbonyl (C=O) groups excluding carboxylic acids is 1. The summed E-state index contributed by atoms with van der Waals surface area (Å²) in [7, 11) is -3.64. The fraction of sp³-hybridized carbons (Fsp3) is 0.286. The molecule has 23 heavy (non-hydrogen) atoms. The average Bonchev–Trinajstić information content (AvgIpc) is 2.87. The predicted octanol–water partition coefficient (Wildman–Crippen LogP) is 2.84. The highest BCUT2D eigenvalue weighted by Gasteiger charge is 2.16. The highest BCUT2D eigenvalue weighted by atomic mass is 35.5. The van der Waals surface area contributed by atoms with E-state index >= 15 is 0 Å². The number of sulfonamides is 1. The van der Waals surface area contributed by atoms with Crippen LogP contribution in [0.4, 0.5) is 5.13 Å². The van der Waals surface area contributed by atoms with Gasteiger partial charge >= 0.3 is 5.97 Å². The quantitative estimate of drug-likeness (QED) is 0.753. The molecule has 0 fully saturated rings. The van der Waals surface area contributed by atoms with Crippen LogP contribution in [0.1, 0.15) is 18.2 Å². The number of anilines is 1. The zero-order valence-electron chi connectivity index (χ0n) is 12.3. The smallest absolute Gasteiger partial charge is 0.311 e. The fourth-order valence-corrected chi connectivity index (χ4v) is 4.24. The second-order valence-corrected chi connectivity index (χ2v) is 7.57. The summed E-state index contributed by atoms with van der Waals surface area (Å²) >= 11 is 7.08. The molecule has 1 aromatic carbocycles. The molecule has 0 amide bonds. The van der Waals surface area contributed by atoms with Crippen LogP contribution in [0.2, 0.25) is 5.02 Å². The van der Waals surface area contributed by atoms with Crippen molar-refractivity contribution in [1.29, 1.82) is 0 Å². The van der Waals surface area contributed by atoms with E-state index in [1.165, 1.54) is 0 Å². The maximum atomic E-state index is 12.2. The van der Waals surface area contributed by atoms with Gasteiger partial charge in [0.05, 0.1) is 24.5 Å². The number of rotatable bonds is 7. The molecule has 1 N–H and O–H groups in total. The maximum absolute atomic E-state index is 12.2. The normalized spacial score (nSPS) is 11.2. The number of hydrogen-bond acceptors (Lipinski definition) is 6. The standard InChI is InChI=1S/C14H15ClN2O4S2/c1-2-21-13(18)7-11-8-22-14(16-11)17-23(19,20)9-10-5-3-4-6-12(10)15/h3-6,8H,2,7,9H2,1H3,(H,16,17). The molecule has 1 aromatic heterocycles. The Morgan fingerprint density at radius 2 is 2.13 bits per heavy atom. The van der Waals surface area contributed by atoms with E-state index < -0.39 is 16.0 Å². The second kappa shape index (κ2) is 7.76. The number of nitrogens with zero attached hydrogens (tertiary/aromatic N) is 1. The Kier molecular flexibility index (Phi) is 5.97. The minimum Gasteiger partial charge on any atom is -0.466 e. The third-order valence-corrected chi connectivity index (χ3v) is 5.23. The molecule has 0 atom stereocenters. The van der Waals surface area contributed by atoms with Gasteiger partial charge in [-0.25, -0.2) is 13.4 Å². The minimum absolute atomic E-state index is 0.0105. The Labute approximate surface area is 143 Å². The summed E-state index contributed by atoms with van der Waals surface area (Å²) in [5.41, 5.74) is 0.967. The molecule has 0 spiro atoms. The fourth-order valence-electron chi connectivity index (χ4n) is 1.78. The van der Waals surface area contributed by atoms with E-state index in [1.807, 2.05) is 0 Å². The first-order valence-corrected chi connectivity index (χ1v) is 9.64. The first-order chi connectivity index (χ1) is 10.9. The van der Waals surface area contributed by atoms with Crippen molar-refractivity contribution in [1.82, 2.24) is 4.98 Å². The molecular weight excluding hydrogens is 360 g/mol. The Morgan fingerprint density at radius 1 is 1.39 bits per heavy atom. The van der Waals surface area contributed by atoms with Gasteiger partial charge in [-0.15, -0.1) is 11.3 Å². The molecule has 0 unspecified atom stereocenters. The molecule has 2 rings (SSSR count). The Bertz CT molecular complexity index is 790. The lowest BCUT2D eigenvalue weighted by atomic mass is 10.2. The highest BCUT2D eigenvalue weighted by molar-refractivity contribution is 7.92. The van der Waals surface area contributed by atoms with Crippen LogP contribution < -0.4 is 4.72 Å².